The van der Waals surface area contributed by atoms with Gasteiger partial charge in [-0.05, 0) is 42.8 Å². The summed E-state index contributed by atoms with van der Waals surface area (Å²) in [6.45, 7) is 2.32. The Hall–Kier alpha value is -4.46. The Labute approximate surface area is 220 Å². The molecule has 37 heavy (non-hydrogen) atoms. The lowest BCUT2D eigenvalue weighted by Gasteiger charge is -2.15. The molecule has 0 radical (unpaired) electrons. The van der Waals surface area contributed by atoms with Crippen molar-refractivity contribution in [2.24, 2.45) is 5.10 Å². The molecule has 3 aromatic carbocycles. The maximum atomic E-state index is 12.5. The van der Waals surface area contributed by atoms with Gasteiger partial charge < -0.3 is 9.47 Å². The maximum absolute atomic E-state index is 12.5. The van der Waals surface area contributed by atoms with Crippen LogP contribution in [0.5, 0.6) is 11.5 Å². The van der Waals surface area contributed by atoms with Gasteiger partial charge in [0.05, 0.1) is 39.3 Å². The van der Waals surface area contributed by atoms with E-state index in [1.54, 1.807) is 42.5 Å². The Morgan fingerprint density at radius 2 is 2.03 bits per heavy atom. The third-order valence-electron chi connectivity index (χ3n) is 5.16. The van der Waals surface area contributed by atoms with Crippen LogP contribution in [0.1, 0.15) is 33.3 Å². The van der Waals surface area contributed by atoms with E-state index in [2.05, 4.69) is 16.6 Å². The van der Waals surface area contributed by atoms with Crippen molar-refractivity contribution < 1.29 is 19.2 Å². The molecule has 0 saturated carbocycles. The van der Waals surface area contributed by atoms with Gasteiger partial charge in [0.2, 0.25) is 0 Å². The first kappa shape index (κ1) is 25.6. The summed E-state index contributed by atoms with van der Waals surface area (Å²) in [5.41, 5.74) is 4.19. The minimum atomic E-state index is -0.482. The van der Waals surface area contributed by atoms with E-state index < -0.39 is 10.8 Å². The van der Waals surface area contributed by atoms with Crippen molar-refractivity contribution in [1.29, 1.82) is 5.26 Å². The normalized spacial score (nSPS) is 10.8. The number of non-ortho nitro benzene ring substituents is 1. The summed E-state index contributed by atoms with van der Waals surface area (Å²) in [5.74, 6) is 0.271. The zero-order valence-corrected chi connectivity index (χ0v) is 21.0. The quantitative estimate of drug-likeness (QED) is 0.157. The summed E-state index contributed by atoms with van der Waals surface area (Å²) < 4.78 is 12.3. The predicted molar refractivity (Wildman–Crippen MR) is 142 cm³/mol. The van der Waals surface area contributed by atoms with Gasteiger partial charge >= 0.3 is 0 Å². The lowest BCUT2D eigenvalue weighted by atomic mass is 10.1. The number of nitrogens with zero attached hydrogens (tertiary/aromatic N) is 3. The van der Waals surface area contributed by atoms with Gasteiger partial charge in [-0.25, -0.2) is 5.43 Å². The number of carbonyl (C=O) groups is 1. The molecule has 1 amide bonds. The fourth-order valence-corrected chi connectivity index (χ4v) is 4.65. The predicted octanol–water partition coefficient (Wildman–Crippen LogP) is 6.08. The number of hydrogen-bond acceptors (Lipinski definition) is 8. The minimum Gasteiger partial charge on any atom is -0.490 e. The molecule has 1 heterocycles. The van der Waals surface area contributed by atoms with Gasteiger partial charge in [-0.2, -0.15) is 10.4 Å². The van der Waals surface area contributed by atoms with Crippen LogP contribution in [0, 0.1) is 21.4 Å². The van der Waals surface area contributed by atoms with Crippen LogP contribution in [0.3, 0.4) is 0 Å². The van der Waals surface area contributed by atoms with Gasteiger partial charge in [0.1, 0.15) is 6.61 Å². The molecule has 0 spiro atoms. The number of thiophene rings is 1. The van der Waals surface area contributed by atoms with E-state index in [0.717, 1.165) is 4.70 Å². The molecular weight excluding hydrogens is 516 g/mol. The molecular formula is C26H19ClN4O5S. The summed E-state index contributed by atoms with van der Waals surface area (Å²) in [7, 11) is 0. The monoisotopic (exact) mass is 534 g/mol. The molecule has 0 aliphatic heterocycles. The van der Waals surface area contributed by atoms with Crippen molar-refractivity contribution in [3.63, 3.8) is 0 Å². The van der Waals surface area contributed by atoms with Gasteiger partial charge in [-0.1, -0.05) is 29.8 Å². The highest BCUT2D eigenvalue weighted by Crippen LogP contribution is 2.37. The van der Waals surface area contributed by atoms with Crippen LogP contribution < -0.4 is 14.9 Å². The second-order valence-electron chi connectivity index (χ2n) is 7.61. The first-order valence-electron chi connectivity index (χ1n) is 11.0. The maximum Gasteiger partial charge on any atom is 0.281 e. The number of nitro groups is 1. The van der Waals surface area contributed by atoms with Crippen LogP contribution in [0.2, 0.25) is 5.02 Å². The number of ether oxygens (including phenoxy) is 2. The first-order valence-corrected chi connectivity index (χ1v) is 12.2. The second-order valence-corrected chi connectivity index (χ2v) is 9.10. The molecule has 1 N–H and O–H groups in total. The molecule has 9 nitrogen and oxygen atoms in total. The minimum absolute atomic E-state index is 0.0426. The SMILES string of the molecule is CCOc1cc(/C=N\NC(=O)c2cc3cc([N+](=O)[O-])ccc3s2)cc(Cl)c1OCc1ccccc1C#N. The number of halogens is 1. The number of nitrogens with one attached hydrogen (secondary N) is 1. The van der Waals surface area contributed by atoms with Gasteiger partial charge in [-0.15, -0.1) is 11.3 Å². The molecule has 4 rings (SSSR count). The smallest absolute Gasteiger partial charge is 0.281 e. The summed E-state index contributed by atoms with van der Waals surface area (Å²) in [6.07, 6.45) is 1.42. The Kier molecular flexibility index (Phi) is 7.98. The highest BCUT2D eigenvalue weighted by Gasteiger charge is 2.15. The molecule has 0 unspecified atom stereocenters. The second kappa shape index (κ2) is 11.5. The van der Waals surface area contributed by atoms with E-state index in [-0.39, 0.29) is 17.3 Å². The van der Waals surface area contributed by atoms with Gasteiger partial charge in [0.15, 0.2) is 11.5 Å². The summed E-state index contributed by atoms with van der Waals surface area (Å²) in [5, 5.41) is 25.1. The van der Waals surface area contributed by atoms with Crippen LogP contribution in [-0.4, -0.2) is 23.7 Å². The lowest BCUT2D eigenvalue weighted by Crippen LogP contribution is -2.16. The Morgan fingerprint density at radius 3 is 2.78 bits per heavy atom. The number of carbonyl (C=O) groups excluding carboxylic acids is 1. The molecule has 0 bridgehead atoms. The third kappa shape index (κ3) is 6.03. The van der Waals surface area contributed by atoms with Crippen LogP contribution in [0.25, 0.3) is 10.1 Å². The summed E-state index contributed by atoms with van der Waals surface area (Å²) >= 11 is 7.67. The Bertz CT molecular complexity index is 1560. The fraction of sp³-hybridized carbons (Fsp3) is 0.115. The number of rotatable bonds is 9. The molecule has 0 fully saturated rings. The zero-order chi connectivity index (χ0) is 26.4. The molecule has 0 aliphatic carbocycles. The van der Waals surface area contributed by atoms with E-state index in [9.17, 15) is 20.2 Å². The number of hydrogen-bond donors (Lipinski definition) is 1. The van der Waals surface area contributed by atoms with E-state index in [1.165, 1.54) is 29.7 Å². The summed E-state index contributed by atoms with van der Waals surface area (Å²) in [4.78, 5) is 23.4. The van der Waals surface area contributed by atoms with Crippen molar-refractivity contribution in [3.05, 3.63) is 97.4 Å². The molecule has 11 heteroatoms. The zero-order valence-electron chi connectivity index (χ0n) is 19.4. The molecule has 0 saturated heterocycles. The van der Waals surface area contributed by atoms with E-state index in [0.29, 0.717) is 45.1 Å². The highest BCUT2D eigenvalue weighted by molar-refractivity contribution is 7.20. The van der Waals surface area contributed by atoms with Crippen molar-refractivity contribution in [2.45, 2.75) is 13.5 Å². The largest absolute Gasteiger partial charge is 0.490 e. The van der Waals surface area contributed by atoms with Gasteiger partial charge in [-0.3, -0.25) is 14.9 Å². The third-order valence-corrected chi connectivity index (χ3v) is 6.55. The molecule has 4 aromatic rings. The van der Waals surface area contributed by atoms with Crippen LogP contribution in [0.4, 0.5) is 5.69 Å². The highest BCUT2D eigenvalue weighted by atomic mass is 35.5. The number of hydrazone groups is 1. The summed E-state index contributed by atoms with van der Waals surface area (Å²) in [6, 6.07) is 18.5. The van der Waals surface area contributed by atoms with Crippen LogP contribution >= 0.6 is 22.9 Å². The van der Waals surface area contributed by atoms with Crippen molar-refractivity contribution in [2.75, 3.05) is 6.61 Å². The number of nitriles is 1. The van der Waals surface area contributed by atoms with Gasteiger partial charge in [0.25, 0.3) is 11.6 Å². The van der Waals surface area contributed by atoms with Crippen LogP contribution in [0.15, 0.2) is 65.8 Å². The van der Waals surface area contributed by atoms with E-state index in [4.69, 9.17) is 21.1 Å². The van der Waals surface area contributed by atoms with E-state index in [1.807, 2.05) is 13.0 Å². The average Bonchev–Trinajstić information content (AvgIpc) is 3.32. The number of nitro benzene ring substituents is 1. The van der Waals surface area contributed by atoms with Crippen molar-refractivity contribution >= 4 is 50.8 Å². The number of fused-ring (bicyclic) bond motifs is 1. The standard InChI is InChI=1S/C26H19ClN4O5S/c1-2-35-22-10-16(9-21(27)25(22)36-15-18-6-4-3-5-17(18)13-28)14-29-30-26(32)24-12-19-11-20(31(33)34)7-8-23(19)37-24/h3-12,14H,2,15H2,1H3,(H,30,32)/b29-14-. The fourth-order valence-electron chi connectivity index (χ4n) is 3.45. The lowest BCUT2D eigenvalue weighted by molar-refractivity contribution is -0.384. The Morgan fingerprint density at radius 1 is 1.22 bits per heavy atom. The first-order chi connectivity index (χ1) is 17.9. The average molecular weight is 535 g/mol. The van der Waals surface area contributed by atoms with Crippen LogP contribution in [-0.2, 0) is 6.61 Å². The number of benzene rings is 3. The number of amides is 1. The molecule has 1 aromatic heterocycles. The molecule has 186 valence electrons. The van der Waals surface area contributed by atoms with Crippen molar-refractivity contribution in [3.8, 4) is 17.6 Å². The Balaban J connectivity index is 1.48. The molecule has 0 aliphatic rings. The van der Waals surface area contributed by atoms with E-state index >= 15 is 0 Å². The van der Waals surface area contributed by atoms with Crippen molar-refractivity contribution in [1.82, 2.24) is 5.43 Å². The van der Waals surface area contributed by atoms with Gasteiger partial charge in [0, 0.05) is 27.8 Å². The molecule has 0 atom stereocenters. The topological polar surface area (TPSA) is 127 Å².